The zero-order valence-corrected chi connectivity index (χ0v) is 7.87. The maximum Gasteiger partial charge on any atom is 0.0273 e. The van der Waals surface area contributed by atoms with Gasteiger partial charge in [-0.05, 0) is 38.8 Å². The maximum atomic E-state index is 4.17. The van der Waals surface area contributed by atoms with Crippen molar-refractivity contribution in [1.82, 2.24) is 4.90 Å². The van der Waals surface area contributed by atoms with E-state index in [1.54, 1.807) is 0 Å². The van der Waals surface area contributed by atoms with Gasteiger partial charge in [0.2, 0.25) is 0 Å². The van der Waals surface area contributed by atoms with Gasteiger partial charge in [-0.3, -0.25) is 4.90 Å². The predicted molar refractivity (Wildman–Crippen MR) is 51.7 cm³/mol. The quantitative estimate of drug-likeness (QED) is 0.540. The van der Waals surface area contributed by atoms with Gasteiger partial charge >= 0.3 is 0 Å². The van der Waals surface area contributed by atoms with Crippen molar-refractivity contribution in [3.05, 3.63) is 0 Å². The van der Waals surface area contributed by atoms with Crippen LogP contribution in [0.4, 0.5) is 0 Å². The molecule has 2 atom stereocenters. The largest absolute Gasteiger partial charge is 0.301 e. The van der Waals surface area contributed by atoms with E-state index in [1.807, 2.05) is 7.05 Å². The first-order chi connectivity index (χ1) is 5.92. The minimum Gasteiger partial charge on any atom is -0.301 e. The Morgan fingerprint density at radius 2 is 2.00 bits per heavy atom. The lowest BCUT2D eigenvalue weighted by Gasteiger charge is -2.34. The summed E-state index contributed by atoms with van der Waals surface area (Å²) >= 11 is 0. The Hall–Kier alpha value is -0.370. The second-order valence-electron chi connectivity index (χ2n) is 3.96. The molecule has 2 heterocycles. The van der Waals surface area contributed by atoms with Gasteiger partial charge in [-0.15, -0.1) is 0 Å². The van der Waals surface area contributed by atoms with Crippen LogP contribution in [0.3, 0.4) is 0 Å². The summed E-state index contributed by atoms with van der Waals surface area (Å²) < 4.78 is 0. The van der Waals surface area contributed by atoms with Crippen molar-refractivity contribution >= 4 is 6.21 Å². The van der Waals surface area contributed by atoms with E-state index < -0.39 is 0 Å². The molecule has 2 heteroatoms. The fourth-order valence-corrected chi connectivity index (χ4v) is 2.70. The number of piperidine rings is 1. The van der Waals surface area contributed by atoms with Gasteiger partial charge < -0.3 is 4.99 Å². The molecule has 0 aliphatic carbocycles. The molecule has 0 bridgehead atoms. The summed E-state index contributed by atoms with van der Waals surface area (Å²) in [7, 11) is 1.90. The van der Waals surface area contributed by atoms with Crippen LogP contribution in [0.25, 0.3) is 0 Å². The summed E-state index contributed by atoms with van der Waals surface area (Å²) in [4.78, 5) is 6.82. The molecule has 0 aromatic carbocycles. The van der Waals surface area contributed by atoms with Gasteiger partial charge in [0.25, 0.3) is 0 Å². The number of hydrogen-bond donors (Lipinski definition) is 0. The first-order valence-electron chi connectivity index (χ1n) is 5.08. The van der Waals surface area contributed by atoms with Gasteiger partial charge in [-0.25, -0.2) is 0 Å². The van der Waals surface area contributed by atoms with Crippen LogP contribution >= 0.6 is 0 Å². The Balaban J connectivity index is 2.03. The van der Waals surface area contributed by atoms with Gasteiger partial charge in [0.1, 0.15) is 0 Å². The SMILES string of the molecule is C/N=C\C1CCCN2CCC[C@H]12. The summed E-state index contributed by atoms with van der Waals surface area (Å²) in [6, 6.07) is 0.836. The lowest BCUT2D eigenvalue weighted by molar-refractivity contribution is 0.170. The molecule has 2 rings (SSSR count). The van der Waals surface area contributed by atoms with Crippen molar-refractivity contribution in [1.29, 1.82) is 0 Å². The van der Waals surface area contributed by atoms with Crippen LogP contribution in [0.1, 0.15) is 25.7 Å². The number of nitrogens with zero attached hydrogens (tertiary/aromatic N) is 2. The molecule has 2 aliphatic heterocycles. The van der Waals surface area contributed by atoms with E-state index >= 15 is 0 Å². The minimum atomic E-state index is 0.756. The van der Waals surface area contributed by atoms with E-state index in [0.717, 1.165) is 12.0 Å². The van der Waals surface area contributed by atoms with E-state index in [0.29, 0.717) is 0 Å². The summed E-state index contributed by atoms with van der Waals surface area (Å²) in [5, 5.41) is 0. The molecule has 12 heavy (non-hydrogen) atoms. The van der Waals surface area contributed by atoms with Gasteiger partial charge in [-0.1, -0.05) is 0 Å². The average Bonchev–Trinajstić information content (AvgIpc) is 2.53. The Morgan fingerprint density at radius 3 is 2.75 bits per heavy atom. The number of hydrogen-bond acceptors (Lipinski definition) is 2. The first kappa shape index (κ1) is 8.24. The molecule has 2 saturated heterocycles. The van der Waals surface area contributed by atoms with Gasteiger partial charge in [0.15, 0.2) is 0 Å². The Morgan fingerprint density at radius 1 is 1.25 bits per heavy atom. The van der Waals surface area contributed by atoms with Crippen LogP contribution in [-0.4, -0.2) is 37.3 Å². The molecule has 2 fully saturated rings. The maximum absolute atomic E-state index is 4.17. The average molecular weight is 166 g/mol. The van der Waals surface area contributed by atoms with Crippen LogP contribution in [0.5, 0.6) is 0 Å². The summed E-state index contributed by atoms with van der Waals surface area (Å²) in [6.07, 6.45) is 7.70. The highest BCUT2D eigenvalue weighted by atomic mass is 15.2. The molecule has 0 spiro atoms. The lowest BCUT2D eigenvalue weighted by atomic mass is 9.90. The topological polar surface area (TPSA) is 15.6 Å². The molecule has 2 nitrogen and oxygen atoms in total. The van der Waals surface area contributed by atoms with Crippen molar-refractivity contribution in [2.45, 2.75) is 31.7 Å². The van der Waals surface area contributed by atoms with Crippen LogP contribution in [0.2, 0.25) is 0 Å². The Kier molecular flexibility index (Phi) is 2.45. The summed E-state index contributed by atoms with van der Waals surface area (Å²) in [6.45, 7) is 2.66. The second-order valence-corrected chi connectivity index (χ2v) is 3.96. The highest BCUT2D eigenvalue weighted by Gasteiger charge is 2.33. The van der Waals surface area contributed by atoms with Crippen LogP contribution in [0, 0.1) is 5.92 Å². The molecule has 0 saturated carbocycles. The predicted octanol–water partition coefficient (Wildman–Crippen LogP) is 1.56. The van der Waals surface area contributed by atoms with E-state index in [9.17, 15) is 0 Å². The number of aliphatic imine (C=N–C) groups is 1. The van der Waals surface area contributed by atoms with Crippen molar-refractivity contribution < 1.29 is 0 Å². The summed E-state index contributed by atoms with van der Waals surface area (Å²) in [5.74, 6) is 0.756. The molecule has 0 aromatic heterocycles. The highest BCUT2D eigenvalue weighted by Crippen LogP contribution is 2.30. The van der Waals surface area contributed by atoms with Gasteiger partial charge in [-0.2, -0.15) is 0 Å². The smallest absolute Gasteiger partial charge is 0.0273 e. The fraction of sp³-hybridized carbons (Fsp3) is 0.900. The molecule has 0 amide bonds. The zero-order valence-electron chi connectivity index (χ0n) is 7.87. The van der Waals surface area contributed by atoms with Crippen molar-refractivity contribution in [2.75, 3.05) is 20.1 Å². The standard InChI is InChI=1S/C10H18N2/c1-11-8-9-4-2-6-12-7-3-5-10(9)12/h8-10H,2-7H2,1H3/b11-8-/t9?,10-/m1/s1. The third-order valence-corrected chi connectivity index (χ3v) is 3.23. The van der Waals surface area contributed by atoms with Crippen LogP contribution in [-0.2, 0) is 0 Å². The van der Waals surface area contributed by atoms with Crippen LogP contribution in [0.15, 0.2) is 4.99 Å². The zero-order chi connectivity index (χ0) is 8.39. The molecular weight excluding hydrogens is 148 g/mol. The second kappa shape index (κ2) is 3.56. The fourth-order valence-electron chi connectivity index (χ4n) is 2.70. The van der Waals surface area contributed by atoms with Crippen LogP contribution < -0.4 is 0 Å². The third-order valence-electron chi connectivity index (χ3n) is 3.23. The van der Waals surface area contributed by atoms with E-state index in [4.69, 9.17) is 0 Å². The normalized spacial score (nSPS) is 37.4. The number of rotatable bonds is 1. The first-order valence-corrected chi connectivity index (χ1v) is 5.08. The van der Waals surface area contributed by atoms with E-state index in [-0.39, 0.29) is 0 Å². The van der Waals surface area contributed by atoms with Gasteiger partial charge in [0.05, 0.1) is 0 Å². The molecular formula is C10H18N2. The third kappa shape index (κ3) is 1.40. The van der Waals surface area contributed by atoms with E-state index in [2.05, 4.69) is 16.1 Å². The van der Waals surface area contributed by atoms with Gasteiger partial charge in [0, 0.05) is 25.2 Å². The molecule has 0 radical (unpaired) electrons. The molecule has 68 valence electrons. The monoisotopic (exact) mass is 166 g/mol. The minimum absolute atomic E-state index is 0.756. The highest BCUT2D eigenvalue weighted by molar-refractivity contribution is 5.61. The number of fused-ring (bicyclic) bond motifs is 1. The van der Waals surface area contributed by atoms with Crippen molar-refractivity contribution in [3.63, 3.8) is 0 Å². The Bertz CT molecular complexity index is 177. The molecule has 0 aromatic rings. The lowest BCUT2D eigenvalue weighted by Crippen LogP contribution is -2.41. The molecule has 1 unspecified atom stereocenters. The molecule has 2 aliphatic rings. The summed E-state index contributed by atoms with van der Waals surface area (Å²) in [5.41, 5.74) is 0. The van der Waals surface area contributed by atoms with Crippen molar-refractivity contribution in [3.8, 4) is 0 Å². The van der Waals surface area contributed by atoms with Crippen molar-refractivity contribution in [2.24, 2.45) is 10.9 Å². The van der Waals surface area contributed by atoms with E-state index in [1.165, 1.54) is 38.8 Å². The Labute approximate surface area is 74.7 Å². The molecule has 0 N–H and O–H groups in total.